The zero-order valence-electron chi connectivity index (χ0n) is 9.35. The minimum absolute atomic E-state index is 0.843. The zero-order chi connectivity index (χ0) is 11.0. The molecule has 0 saturated carbocycles. The van der Waals surface area contributed by atoms with Crippen molar-refractivity contribution in [3.8, 4) is 0 Å². The first-order chi connectivity index (χ1) is 7.84. The molecule has 84 valence electrons. The Morgan fingerprint density at radius 2 is 2.12 bits per heavy atom. The minimum atomic E-state index is 0.843. The molecule has 5 nitrogen and oxygen atoms in total. The van der Waals surface area contributed by atoms with E-state index in [9.17, 15) is 0 Å². The van der Waals surface area contributed by atoms with Gasteiger partial charge in [-0.05, 0) is 18.6 Å². The number of anilines is 1. The highest BCUT2D eigenvalue weighted by molar-refractivity contribution is 5.50. The van der Waals surface area contributed by atoms with Crippen LogP contribution in [0.15, 0.2) is 18.3 Å². The van der Waals surface area contributed by atoms with Crippen LogP contribution in [-0.2, 0) is 0 Å². The van der Waals surface area contributed by atoms with Gasteiger partial charge in [-0.1, -0.05) is 6.07 Å². The Morgan fingerprint density at radius 1 is 1.31 bits per heavy atom. The third-order valence-electron chi connectivity index (χ3n) is 2.95. The first-order valence-electron chi connectivity index (χ1n) is 5.62. The van der Waals surface area contributed by atoms with Crippen LogP contribution < -0.4 is 10.2 Å². The summed E-state index contributed by atoms with van der Waals surface area (Å²) in [4.78, 5) is 6.81. The molecule has 1 fully saturated rings. The normalized spacial score (nSPS) is 16.9. The first kappa shape index (κ1) is 9.59. The molecule has 2 aromatic rings. The predicted octanol–water partition coefficient (Wildman–Crippen LogP) is 0.447. The minimum Gasteiger partial charge on any atom is -0.337 e. The van der Waals surface area contributed by atoms with Crippen LogP contribution in [0, 0.1) is 6.92 Å². The van der Waals surface area contributed by atoms with E-state index in [4.69, 9.17) is 0 Å². The van der Waals surface area contributed by atoms with E-state index >= 15 is 0 Å². The van der Waals surface area contributed by atoms with Gasteiger partial charge < -0.3 is 10.2 Å². The van der Waals surface area contributed by atoms with Gasteiger partial charge in [-0.25, -0.2) is 4.52 Å². The highest BCUT2D eigenvalue weighted by Crippen LogP contribution is 2.13. The van der Waals surface area contributed by atoms with Gasteiger partial charge in [-0.3, -0.25) is 0 Å². The van der Waals surface area contributed by atoms with Crippen LogP contribution in [0.4, 0.5) is 5.95 Å². The summed E-state index contributed by atoms with van der Waals surface area (Å²) in [6, 6.07) is 4.06. The van der Waals surface area contributed by atoms with Gasteiger partial charge in [0.25, 0.3) is 0 Å². The molecule has 2 aromatic heterocycles. The molecule has 1 saturated heterocycles. The Balaban J connectivity index is 2.01. The van der Waals surface area contributed by atoms with E-state index < -0.39 is 0 Å². The van der Waals surface area contributed by atoms with Gasteiger partial charge in [0.05, 0.1) is 0 Å². The van der Waals surface area contributed by atoms with E-state index in [-0.39, 0.29) is 0 Å². The number of nitrogens with zero attached hydrogens (tertiary/aromatic N) is 4. The topological polar surface area (TPSA) is 45.5 Å². The SMILES string of the molecule is Cc1cccn2nc(N3CCNCC3)nc12. The summed E-state index contributed by atoms with van der Waals surface area (Å²) in [6.45, 7) is 6.04. The molecule has 0 aliphatic carbocycles. The maximum Gasteiger partial charge on any atom is 0.245 e. The van der Waals surface area contributed by atoms with Crippen molar-refractivity contribution in [2.75, 3.05) is 31.1 Å². The maximum absolute atomic E-state index is 4.59. The lowest BCUT2D eigenvalue weighted by molar-refractivity contribution is 0.580. The zero-order valence-corrected chi connectivity index (χ0v) is 9.35. The van der Waals surface area contributed by atoms with Crippen molar-refractivity contribution in [2.45, 2.75) is 6.92 Å². The van der Waals surface area contributed by atoms with Crippen molar-refractivity contribution < 1.29 is 0 Å². The number of aryl methyl sites for hydroxylation is 1. The molecule has 5 heteroatoms. The standard InChI is InChI=1S/C11H15N5/c1-9-3-2-6-16-10(9)13-11(14-16)15-7-4-12-5-8-15/h2-3,6,12H,4-5,7-8H2,1H3. The molecule has 0 atom stereocenters. The first-order valence-corrected chi connectivity index (χ1v) is 5.62. The van der Waals surface area contributed by atoms with Crippen LogP contribution in [0.2, 0.25) is 0 Å². The lowest BCUT2D eigenvalue weighted by atomic mass is 10.3. The Hall–Kier alpha value is -1.62. The third-order valence-corrected chi connectivity index (χ3v) is 2.95. The van der Waals surface area contributed by atoms with Crippen LogP contribution in [-0.4, -0.2) is 40.8 Å². The highest BCUT2D eigenvalue weighted by Gasteiger charge is 2.15. The van der Waals surface area contributed by atoms with Crippen molar-refractivity contribution in [2.24, 2.45) is 0 Å². The molecule has 1 aliphatic heterocycles. The highest BCUT2D eigenvalue weighted by atomic mass is 15.4. The van der Waals surface area contributed by atoms with Gasteiger partial charge in [-0.2, -0.15) is 4.98 Å². The third kappa shape index (κ3) is 1.53. The van der Waals surface area contributed by atoms with E-state index in [2.05, 4.69) is 33.3 Å². The number of piperazine rings is 1. The fourth-order valence-electron chi connectivity index (χ4n) is 2.03. The Morgan fingerprint density at radius 3 is 2.88 bits per heavy atom. The van der Waals surface area contributed by atoms with Crippen LogP contribution in [0.1, 0.15) is 5.56 Å². The van der Waals surface area contributed by atoms with Crippen LogP contribution in [0.25, 0.3) is 5.65 Å². The summed E-state index contributed by atoms with van der Waals surface area (Å²) in [5, 5.41) is 7.83. The van der Waals surface area contributed by atoms with Gasteiger partial charge in [0.1, 0.15) is 0 Å². The Bertz CT molecular complexity index is 498. The molecule has 0 unspecified atom stereocenters. The maximum atomic E-state index is 4.59. The van der Waals surface area contributed by atoms with Crippen molar-refractivity contribution in [3.05, 3.63) is 23.9 Å². The number of aromatic nitrogens is 3. The molecule has 3 heterocycles. The van der Waals surface area contributed by atoms with E-state index in [0.29, 0.717) is 0 Å². The summed E-state index contributed by atoms with van der Waals surface area (Å²) < 4.78 is 1.85. The van der Waals surface area contributed by atoms with Crippen molar-refractivity contribution in [3.63, 3.8) is 0 Å². The smallest absolute Gasteiger partial charge is 0.245 e. The Labute approximate surface area is 94.1 Å². The molecule has 1 N–H and O–H groups in total. The fourth-order valence-corrected chi connectivity index (χ4v) is 2.03. The monoisotopic (exact) mass is 217 g/mol. The van der Waals surface area contributed by atoms with Gasteiger partial charge in [0.2, 0.25) is 5.95 Å². The number of nitrogens with one attached hydrogen (secondary N) is 1. The lowest BCUT2D eigenvalue weighted by Crippen LogP contribution is -2.44. The molecule has 16 heavy (non-hydrogen) atoms. The molecule has 0 bridgehead atoms. The second-order valence-electron chi connectivity index (χ2n) is 4.11. The summed E-state index contributed by atoms with van der Waals surface area (Å²) in [5.41, 5.74) is 2.12. The van der Waals surface area contributed by atoms with Crippen LogP contribution in [0.3, 0.4) is 0 Å². The summed E-state index contributed by atoms with van der Waals surface area (Å²) in [7, 11) is 0. The summed E-state index contributed by atoms with van der Waals surface area (Å²) in [6.07, 6.45) is 1.95. The van der Waals surface area contributed by atoms with Gasteiger partial charge in [0, 0.05) is 32.4 Å². The predicted molar refractivity (Wildman–Crippen MR) is 62.8 cm³/mol. The quantitative estimate of drug-likeness (QED) is 0.753. The van der Waals surface area contributed by atoms with Crippen LogP contribution in [0.5, 0.6) is 0 Å². The van der Waals surface area contributed by atoms with E-state index in [1.54, 1.807) is 0 Å². The Kier molecular flexibility index (Phi) is 2.25. The van der Waals surface area contributed by atoms with E-state index in [1.165, 1.54) is 0 Å². The van der Waals surface area contributed by atoms with Crippen molar-refractivity contribution in [1.82, 2.24) is 19.9 Å². The second kappa shape index (κ2) is 3.75. The molecule has 1 aliphatic rings. The number of rotatable bonds is 1. The fraction of sp³-hybridized carbons (Fsp3) is 0.455. The average Bonchev–Trinajstić information content (AvgIpc) is 2.76. The summed E-state index contributed by atoms with van der Waals surface area (Å²) in [5.74, 6) is 0.843. The van der Waals surface area contributed by atoms with Gasteiger partial charge >= 0.3 is 0 Å². The molecule has 0 radical (unpaired) electrons. The van der Waals surface area contributed by atoms with Crippen molar-refractivity contribution >= 4 is 11.6 Å². The lowest BCUT2D eigenvalue weighted by Gasteiger charge is -2.25. The molecule has 0 aromatic carbocycles. The largest absolute Gasteiger partial charge is 0.337 e. The molecular formula is C11H15N5. The average molecular weight is 217 g/mol. The molecular weight excluding hydrogens is 202 g/mol. The van der Waals surface area contributed by atoms with Crippen molar-refractivity contribution in [1.29, 1.82) is 0 Å². The number of pyridine rings is 1. The van der Waals surface area contributed by atoms with Crippen LogP contribution >= 0.6 is 0 Å². The van der Waals surface area contributed by atoms with Gasteiger partial charge in [-0.15, -0.1) is 5.10 Å². The second-order valence-corrected chi connectivity index (χ2v) is 4.11. The molecule has 0 amide bonds. The van der Waals surface area contributed by atoms with Gasteiger partial charge in [0.15, 0.2) is 5.65 Å². The number of hydrogen-bond acceptors (Lipinski definition) is 4. The van der Waals surface area contributed by atoms with E-state index in [1.807, 2.05) is 16.8 Å². The van der Waals surface area contributed by atoms with E-state index in [0.717, 1.165) is 43.3 Å². The molecule has 0 spiro atoms. The molecule has 3 rings (SSSR count). The number of hydrogen-bond donors (Lipinski definition) is 1. The summed E-state index contributed by atoms with van der Waals surface area (Å²) >= 11 is 0. The number of fused-ring (bicyclic) bond motifs is 1.